The van der Waals surface area contributed by atoms with Gasteiger partial charge in [0.05, 0.1) is 6.61 Å². The number of rotatable bonds is 41. The zero-order valence-corrected chi connectivity index (χ0v) is 33.8. The number of unbranched alkanes of at least 4 members (excludes halogenated alkanes) is 22. The lowest BCUT2D eigenvalue weighted by Crippen LogP contribution is -2.29. The van der Waals surface area contributed by atoms with Gasteiger partial charge in [-0.3, -0.25) is 9.59 Å². The number of hydrogen-bond acceptors (Lipinski definition) is 7. The first-order valence-electron chi connectivity index (χ1n) is 22.0. The Balaban J connectivity index is 4.08. The van der Waals surface area contributed by atoms with Crippen molar-refractivity contribution >= 4 is 11.9 Å². The highest BCUT2D eigenvalue weighted by Crippen LogP contribution is 2.18. The molecule has 0 aliphatic heterocycles. The number of hydrogen-bond donors (Lipinski definition) is 2. The Labute approximate surface area is 311 Å². The molecule has 0 aromatic carbocycles. The molecule has 0 rings (SSSR count). The van der Waals surface area contributed by atoms with Crippen LogP contribution >= 0.6 is 0 Å². The third-order valence-electron chi connectivity index (χ3n) is 10.0. The van der Waals surface area contributed by atoms with Crippen LogP contribution in [0.2, 0.25) is 0 Å². The van der Waals surface area contributed by atoms with Crippen molar-refractivity contribution in [2.24, 2.45) is 0 Å². The lowest BCUT2D eigenvalue weighted by molar-refractivity contribution is -0.150. The standard InChI is InChI=1S/C43H86N2O5/c1-4-7-10-13-18-25-33-41(32-24-17-12-9-6-3)50-43(47)35-27-20-16-22-29-38-45(39-31-36-44-48)37-28-21-15-19-26-34-42(46)49-40-30-23-14-11-8-5-2/h41,44,48H,4-40H2,1-3H3. The Morgan fingerprint density at radius 3 is 1.40 bits per heavy atom. The fourth-order valence-electron chi connectivity index (χ4n) is 6.76. The monoisotopic (exact) mass is 711 g/mol. The number of carbonyl (C=O) groups is 2. The number of carbonyl (C=O) groups excluding carboxylic acids is 2. The minimum Gasteiger partial charge on any atom is -0.466 e. The van der Waals surface area contributed by atoms with Crippen molar-refractivity contribution in [3.8, 4) is 0 Å². The van der Waals surface area contributed by atoms with Crippen LogP contribution in [0.4, 0.5) is 0 Å². The van der Waals surface area contributed by atoms with Crippen molar-refractivity contribution in [1.29, 1.82) is 0 Å². The molecular formula is C43H86N2O5. The number of hydroxylamine groups is 1. The molecule has 0 amide bonds. The molecule has 0 spiro atoms. The summed E-state index contributed by atoms with van der Waals surface area (Å²) in [6.45, 7) is 11.1. The first-order chi connectivity index (χ1) is 24.6. The molecule has 0 bridgehead atoms. The Morgan fingerprint density at radius 2 is 0.900 bits per heavy atom. The second-order valence-corrected chi connectivity index (χ2v) is 15.0. The topological polar surface area (TPSA) is 88.1 Å². The van der Waals surface area contributed by atoms with Gasteiger partial charge in [0.1, 0.15) is 6.10 Å². The minimum atomic E-state index is -0.0295. The summed E-state index contributed by atoms with van der Waals surface area (Å²) in [7, 11) is 0. The quantitative estimate of drug-likeness (QED) is 0.0371. The summed E-state index contributed by atoms with van der Waals surface area (Å²) in [5, 5.41) is 9.00. The first kappa shape index (κ1) is 48.8. The molecule has 1 unspecified atom stereocenters. The van der Waals surface area contributed by atoms with Crippen molar-refractivity contribution in [1.82, 2.24) is 10.4 Å². The number of nitrogens with one attached hydrogen (secondary N) is 1. The first-order valence-corrected chi connectivity index (χ1v) is 22.0. The lowest BCUT2D eigenvalue weighted by Gasteiger charge is -2.22. The smallest absolute Gasteiger partial charge is 0.306 e. The molecule has 1 atom stereocenters. The second kappa shape index (κ2) is 40.6. The summed E-state index contributed by atoms with van der Waals surface area (Å²) in [6, 6.07) is 0. The Kier molecular flexibility index (Phi) is 39.6. The largest absolute Gasteiger partial charge is 0.466 e. The maximum absolute atomic E-state index is 12.7. The molecule has 0 aliphatic carbocycles. The van der Waals surface area contributed by atoms with Gasteiger partial charge in [-0.1, -0.05) is 149 Å². The Morgan fingerprint density at radius 1 is 0.500 bits per heavy atom. The maximum Gasteiger partial charge on any atom is 0.306 e. The predicted octanol–water partition coefficient (Wildman–Crippen LogP) is 12.3. The van der Waals surface area contributed by atoms with Gasteiger partial charge in [0.2, 0.25) is 0 Å². The average molecular weight is 711 g/mol. The van der Waals surface area contributed by atoms with Crippen LogP contribution in [0.15, 0.2) is 0 Å². The Bertz CT molecular complexity index is 707. The molecule has 50 heavy (non-hydrogen) atoms. The summed E-state index contributed by atoms with van der Waals surface area (Å²) in [4.78, 5) is 27.2. The summed E-state index contributed by atoms with van der Waals surface area (Å²) >= 11 is 0. The van der Waals surface area contributed by atoms with Gasteiger partial charge in [0.15, 0.2) is 0 Å². The van der Waals surface area contributed by atoms with E-state index in [2.05, 4.69) is 31.2 Å². The van der Waals surface area contributed by atoms with E-state index in [9.17, 15) is 9.59 Å². The van der Waals surface area contributed by atoms with Crippen molar-refractivity contribution in [2.75, 3.05) is 32.8 Å². The molecule has 0 aromatic rings. The van der Waals surface area contributed by atoms with Crippen LogP contribution in [0.1, 0.15) is 226 Å². The van der Waals surface area contributed by atoms with Gasteiger partial charge in [0, 0.05) is 19.4 Å². The number of esters is 2. The van der Waals surface area contributed by atoms with E-state index in [1.165, 1.54) is 128 Å². The summed E-state index contributed by atoms with van der Waals surface area (Å²) in [5.74, 6) is -0.0141. The van der Waals surface area contributed by atoms with Crippen molar-refractivity contribution in [2.45, 2.75) is 232 Å². The zero-order valence-electron chi connectivity index (χ0n) is 33.8. The third-order valence-corrected chi connectivity index (χ3v) is 10.0. The van der Waals surface area contributed by atoms with Gasteiger partial charge in [0.25, 0.3) is 0 Å². The summed E-state index contributed by atoms with van der Waals surface area (Å²) < 4.78 is 11.4. The number of nitrogens with zero attached hydrogens (tertiary/aromatic N) is 1. The van der Waals surface area contributed by atoms with Gasteiger partial charge in [-0.05, 0) is 83.8 Å². The van der Waals surface area contributed by atoms with Crippen LogP contribution < -0.4 is 5.48 Å². The van der Waals surface area contributed by atoms with E-state index in [-0.39, 0.29) is 18.0 Å². The molecule has 298 valence electrons. The molecule has 7 nitrogen and oxygen atoms in total. The molecular weight excluding hydrogens is 624 g/mol. The van der Waals surface area contributed by atoms with E-state index in [1.54, 1.807) is 0 Å². The van der Waals surface area contributed by atoms with E-state index in [0.29, 0.717) is 26.0 Å². The van der Waals surface area contributed by atoms with Crippen molar-refractivity contribution in [3.05, 3.63) is 0 Å². The minimum absolute atomic E-state index is 0.0154. The molecule has 0 aliphatic rings. The fraction of sp³-hybridized carbons (Fsp3) is 0.953. The molecule has 2 N–H and O–H groups in total. The van der Waals surface area contributed by atoms with Crippen LogP contribution in [-0.4, -0.2) is 60.9 Å². The van der Waals surface area contributed by atoms with Crippen LogP contribution in [0.5, 0.6) is 0 Å². The molecule has 0 saturated carbocycles. The fourth-order valence-corrected chi connectivity index (χ4v) is 6.76. The molecule has 7 heteroatoms. The zero-order chi connectivity index (χ0) is 36.6. The lowest BCUT2D eigenvalue weighted by atomic mass is 10.0. The highest BCUT2D eigenvalue weighted by molar-refractivity contribution is 5.69. The molecule has 0 radical (unpaired) electrons. The van der Waals surface area contributed by atoms with Gasteiger partial charge >= 0.3 is 11.9 Å². The summed E-state index contributed by atoms with van der Waals surface area (Å²) in [5.41, 5.74) is 2.29. The van der Waals surface area contributed by atoms with E-state index in [4.69, 9.17) is 14.7 Å². The number of ether oxygens (including phenoxy) is 2. The normalized spacial score (nSPS) is 12.1. The van der Waals surface area contributed by atoms with Gasteiger partial charge < -0.3 is 19.6 Å². The van der Waals surface area contributed by atoms with E-state index in [1.807, 2.05) is 0 Å². The van der Waals surface area contributed by atoms with Gasteiger partial charge in [-0.25, -0.2) is 5.48 Å². The molecule has 0 heterocycles. The van der Waals surface area contributed by atoms with Crippen LogP contribution in [-0.2, 0) is 19.1 Å². The van der Waals surface area contributed by atoms with Crippen LogP contribution in [0.25, 0.3) is 0 Å². The van der Waals surface area contributed by atoms with Crippen LogP contribution in [0, 0.1) is 0 Å². The summed E-state index contributed by atoms with van der Waals surface area (Å²) in [6.07, 6.45) is 36.6. The molecule has 0 aromatic heterocycles. The van der Waals surface area contributed by atoms with Gasteiger partial charge in [-0.2, -0.15) is 0 Å². The third kappa shape index (κ3) is 36.6. The Hall–Kier alpha value is -1.18. The highest BCUT2D eigenvalue weighted by Gasteiger charge is 2.14. The molecule has 0 saturated heterocycles. The van der Waals surface area contributed by atoms with Crippen LogP contribution in [0.3, 0.4) is 0 Å². The van der Waals surface area contributed by atoms with E-state index < -0.39 is 0 Å². The van der Waals surface area contributed by atoms with E-state index >= 15 is 0 Å². The van der Waals surface area contributed by atoms with Crippen molar-refractivity contribution in [3.63, 3.8) is 0 Å². The predicted molar refractivity (Wildman–Crippen MR) is 212 cm³/mol. The van der Waals surface area contributed by atoms with Gasteiger partial charge in [-0.15, -0.1) is 0 Å². The van der Waals surface area contributed by atoms with Crippen molar-refractivity contribution < 1.29 is 24.3 Å². The average Bonchev–Trinajstić information content (AvgIpc) is 3.11. The SMILES string of the molecule is CCCCCCCCOC(=O)CCCCCCCN(CCCCCCCC(=O)OC(CCCCCCC)CCCCCCCC)CCCNO. The van der Waals surface area contributed by atoms with E-state index in [0.717, 1.165) is 83.8 Å². The maximum atomic E-state index is 12.7. The second-order valence-electron chi connectivity index (χ2n) is 15.0. The molecule has 0 fully saturated rings. The highest BCUT2D eigenvalue weighted by atomic mass is 16.5.